The molecule has 6 aromatic rings. The highest BCUT2D eigenvalue weighted by Crippen LogP contribution is 2.50. The monoisotopic (exact) mass is 1660 g/mol. The maximum Gasteiger partial charge on any atom is 0.408 e. The molecule has 6 aromatic carbocycles. The van der Waals surface area contributed by atoms with Gasteiger partial charge in [0.25, 0.3) is 0 Å². The molecule has 0 radical (unpaired) electrons. The standard InChI is InChI=1S/C76H82ClN7O33/c1-26-61(106-2)37(78)23-46(107-26)113-63-30-11-15-40(36(77)18-30)109-43-20-31-19-42(64(43)114-75-65(57(93)54(90)45(25-86)112-75)115-74-60(96)56(92)58(94)72(104)117-74)108-33-12-8-28(9-13-33)62-52(84-76(105)116-62)69(100)79-38(16-27-6-4-3-5-7-27)66(97)80-49(31)68(99)81-48-29-10-14-39(88)34(17-29)47-35(50(71(102)103)82-70(101)51(63)83-67(48)98)21-32(87)22-41(47)110-73-59(95)55(91)53(89)44(24-85)111-73/h3-15,17-22,26,37-38,44-46,48-63,65,72-75,85-96,104H,16,23-25,78H2,1-2H3,(H,79,100)(H,80,97)(H,81,99)(H,82,101)(H,83,98)(H,84,105)(H,102,103)/t26-,37-,38-,44+,45+,46-,48+,49+,50-,51-,52+,53+,54+,55-,56+,57-,58+,59-,60+,61-,62+,63+,65+,72+,73-,74+,75-/m0/s1. The van der Waals surface area contributed by atoms with Crippen molar-refractivity contribution in [3.05, 3.63) is 154 Å². The molecule has 40 nitrogen and oxygen atoms in total. The predicted octanol–water partition coefficient (Wildman–Crippen LogP) is -2.66. The SMILES string of the molecule is CO[C@H]1[C@H](C)O[C@@H](O[C@@H]2c3ccc(c(Cl)c3)Oc3cc4cc(c3O[C@@H]3O[C@H](CO)[C@@H](O)[C@H](O)[C@H]3O[C@@H]3O[C@@H](O)[C@H](O)[C@@H](O)[C@H]3O)Oc3ccc(cc3)[C@H]3OC(=O)N[C@H]3C(=O)N[C@@H](Cc3ccccc3)C(=O)N[C@H]4C(=O)N[C@H]3C(=O)N[C@@H]2C(=O)N[C@H](C(=O)O)c2cc(O)cc(O[C@H]4O[C@H](CO)[C@@H](O)[C@H](O)[C@@H]4O)c2-c2cc3ccc2O)C[C@@H]1N. The summed E-state index contributed by atoms with van der Waals surface area (Å²) in [6, 6.07) is 10.4. The Balaban J connectivity index is 1.01. The number of carbonyl (C=O) groups excluding carboxylic acids is 6. The third-order valence-corrected chi connectivity index (χ3v) is 21.5. The smallest absolute Gasteiger partial charge is 0.408 e. The number of nitrogens with two attached hydrogens (primary N) is 1. The second-order valence-corrected chi connectivity index (χ2v) is 29.3. The summed E-state index contributed by atoms with van der Waals surface area (Å²) in [6.07, 6.45) is -39.7. The molecule has 0 aliphatic carbocycles. The Kier molecular flexibility index (Phi) is 24.4. The first-order valence-corrected chi connectivity index (χ1v) is 37.0. The molecule has 5 fully saturated rings. The van der Waals surface area contributed by atoms with E-state index in [0.717, 1.165) is 48.5 Å². The number of rotatable bonds is 14. The van der Waals surface area contributed by atoms with Crippen molar-refractivity contribution in [1.29, 1.82) is 0 Å². The van der Waals surface area contributed by atoms with E-state index in [9.17, 15) is 85.9 Å². The first kappa shape index (κ1) is 83.2. The minimum atomic E-state index is -2.42. The average Bonchev–Trinajstić information content (AvgIpc) is 1.49. The molecule has 0 saturated carbocycles. The van der Waals surface area contributed by atoms with Crippen LogP contribution >= 0.6 is 11.6 Å². The Hall–Kier alpha value is -10.3. The van der Waals surface area contributed by atoms with E-state index in [1.807, 2.05) is 0 Å². The van der Waals surface area contributed by atoms with Crippen LogP contribution in [0.4, 0.5) is 4.79 Å². The number of phenols is 2. The molecule has 0 unspecified atom stereocenters. The number of benzene rings is 6. The molecule has 10 heterocycles. The second kappa shape index (κ2) is 34.4. The zero-order valence-corrected chi connectivity index (χ0v) is 62.1. The number of carbonyl (C=O) groups is 7. The number of aliphatic carboxylic acids is 1. The summed E-state index contributed by atoms with van der Waals surface area (Å²) < 4.78 is 73.8. The van der Waals surface area contributed by atoms with E-state index >= 15 is 19.2 Å². The van der Waals surface area contributed by atoms with E-state index in [1.165, 1.54) is 43.5 Å². The maximum atomic E-state index is 16.6. The van der Waals surface area contributed by atoms with Gasteiger partial charge in [0, 0.05) is 48.8 Å². The van der Waals surface area contributed by atoms with Crippen LogP contribution in [-0.2, 0) is 73.1 Å². The van der Waals surface area contributed by atoms with Crippen LogP contribution in [0, 0.1) is 0 Å². The Morgan fingerprint density at radius 3 is 1.88 bits per heavy atom. The molecule has 27 atom stereocenters. The highest BCUT2D eigenvalue weighted by atomic mass is 35.5. The number of carboxylic acids is 1. The lowest BCUT2D eigenvalue weighted by Gasteiger charge is -2.45. The van der Waals surface area contributed by atoms with Gasteiger partial charge >= 0.3 is 12.1 Å². The molecule has 0 aromatic heterocycles. The van der Waals surface area contributed by atoms with Crippen molar-refractivity contribution in [3.63, 3.8) is 0 Å². The molecular formula is C76H82ClN7O33. The molecule has 626 valence electrons. The Morgan fingerprint density at radius 2 is 1.20 bits per heavy atom. The second-order valence-electron chi connectivity index (χ2n) is 28.9. The van der Waals surface area contributed by atoms with E-state index < -0.39 is 293 Å². The molecule has 10 aliphatic rings. The van der Waals surface area contributed by atoms with Crippen molar-refractivity contribution in [2.75, 3.05) is 20.3 Å². The van der Waals surface area contributed by atoms with Gasteiger partial charge in [-0.2, -0.15) is 0 Å². The van der Waals surface area contributed by atoms with Crippen LogP contribution < -0.4 is 56.6 Å². The van der Waals surface area contributed by atoms with Crippen molar-refractivity contribution >= 4 is 53.2 Å². The summed E-state index contributed by atoms with van der Waals surface area (Å²) in [5.41, 5.74) is 4.47. The third kappa shape index (κ3) is 16.9. The van der Waals surface area contributed by atoms with Crippen molar-refractivity contribution < 1.29 is 162 Å². The molecule has 0 spiro atoms. The number of alkyl carbamates (subject to hydrolysis) is 1. The number of fused-ring (bicyclic) bond motifs is 13. The van der Waals surface area contributed by atoms with Gasteiger partial charge in [-0.15, -0.1) is 0 Å². The predicted molar refractivity (Wildman–Crippen MR) is 388 cm³/mol. The fourth-order valence-electron chi connectivity index (χ4n) is 15.1. The number of methoxy groups -OCH3 is 1. The number of hydrogen-bond acceptors (Lipinski definition) is 33. The van der Waals surface area contributed by atoms with Gasteiger partial charge in [0.15, 0.2) is 54.7 Å². The van der Waals surface area contributed by atoms with Gasteiger partial charge in [-0.05, 0) is 89.3 Å². The number of nitrogens with one attached hydrogen (secondary N) is 6. The lowest BCUT2D eigenvalue weighted by Crippen LogP contribution is -2.64. The van der Waals surface area contributed by atoms with Crippen LogP contribution in [0.2, 0.25) is 5.02 Å². The van der Waals surface area contributed by atoms with Crippen LogP contribution in [0.25, 0.3) is 11.1 Å². The topological polar surface area (TPSA) is 612 Å². The summed E-state index contributed by atoms with van der Waals surface area (Å²) >= 11 is 7.39. The molecule has 22 N–H and O–H groups in total. The van der Waals surface area contributed by atoms with Crippen LogP contribution in [-0.4, -0.2) is 268 Å². The van der Waals surface area contributed by atoms with Gasteiger partial charge < -0.3 is 166 Å². The molecule has 5 saturated heterocycles. The van der Waals surface area contributed by atoms with Crippen molar-refractivity contribution in [1.82, 2.24) is 31.9 Å². The first-order chi connectivity index (χ1) is 55.9. The summed E-state index contributed by atoms with van der Waals surface area (Å²) in [7, 11) is 1.37. The van der Waals surface area contributed by atoms with Crippen molar-refractivity contribution in [3.8, 4) is 57.1 Å². The third-order valence-electron chi connectivity index (χ3n) is 21.2. The fourth-order valence-corrected chi connectivity index (χ4v) is 15.3. The van der Waals surface area contributed by atoms with Gasteiger partial charge in [-0.25, -0.2) is 9.59 Å². The Morgan fingerprint density at radius 1 is 0.564 bits per heavy atom. The van der Waals surface area contributed by atoms with Crippen LogP contribution in [0.5, 0.6) is 46.0 Å². The van der Waals surface area contributed by atoms with E-state index in [0.29, 0.717) is 5.56 Å². The Labute approximate surface area is 666 Å². The lowest BCUT2D eigenvalue weighted by atomic mass is 9.89. The number of aromatic hydroxyl groups is 2. The van der Waals surface area contributed by atoms with Crippen molar-refractivity contribution in [2.45, 2.75) is 185 Å². The van der Waals surface area contributed by atoms with E-state index in [1.54, 1.807) is 37.3 Å². The van der Waals surface area contributed by atoms with Gasteiger partial charge in [0.05, 0.1) is 30.4 Å². The summed E-state index contributed by atoms with van der Waals surface area (Å²) in [4.78, 5) is 107. The van der Waals surface area contributed by atoms with E-state index in [4.69, 9.17) is 74.2 Å². The van der Waals surface area contributed by atoms with Gasteiger partial charge in [-0.3, -0.25) is 24.0 Å². The van der Waals surface area contributed by atoms with Crippen LogP contribution in [0.3, 0.4) is 0 Å². The number of hydrogen-bond donors (Lipinski definition) is 21. The number of carboxylic acid groups (broad SMARTS) is 1. The van der Waals surface area contributed by atoms with Gasteiger partial charge in [0.1, 0.15) is 120 Å². The normalized spacial score (nSPS) is 34.4. The lowest BCUT2D eigenvalue weighted by molar-refractivity contribution is -0.378. The number of amides is 6. The summed E-state index contributed by atoms with van der Waals surface area (Å²) in [5, 5.41) is 171. The zero-order chi connectivity index (χ0) is 83.4. The minimum absolute atomic E-state index is 0.170. The fraction of sp³-hybridized carbons (Fsp3) is 0.434. The number of aliphatic hydroxyl groups is 11. The largest absolute Gasteiger partial charge is 0.508 e. The minimum Gasteiger partial charge on any atom is -0.508 e. The quantitative estimate of drug-likeness (QED) is 0.0529. The summed E-state index contributed by atoms with van der Waals surface area (Å²) in [5.74, 6) is -13.2. The van der Waals surface area contributed by atoms with E-state index in [2.05, 4.69) is 31.9 Å². The molecule has 11 bridgehead atoms. The molecule has 6 amide bonds. The van der Waals surface area contributed by atoms with E-state index in [-0.39, 0.29) is 29.7 Å². The average molecular weight is 1660 g/mol. The molecule has 117 heavy (non-hydrogen) atoms. The maximum absolute atomic E-state index is 16.6. The molecule has 10 aliphatic heterocycles. The summed E-state index contributed by atoms with van der Waals surface area (Å²) in [6.45, 7) is -0.457. The first-order valence-electron chi connectivity index (χ1n) is 36.7. The molecule has 16 rings (SSSR count). The zero-order valence-electron chi connectivity index (χ0n) is 61.4. The number of halogens is 1. The number of aliphatic hydroxyl groups excluding tert-OH is 11. The van der Waals surface area contributed by atoms with Gasteiger partial charge in [-0.1, -0.05) is 66.2 Å². The highest BCUT2D eigenvalue weighted by Gasteiger charge is 2.54. The Bertz CT molecular complexity index is 4720. The van der Waals surface area contributed by atoms with Crippen LogP contribution in [0.1, 0.15) is 77.1 Å². The van der Waals surface area contributed by atoms with Crippen LogP contribution in [0.15, 0.2) is 115 Å². The highest BCUT2D eigenvalue weighted by molar-refractivity contribution is 6.32. The number of phenolic OH excluding ortho intramolecular Hbond substituents is 2. The number of ether oxygens (including phenoxy) is 12. The van der Waals surface area contributed by atoms with Gasteiger partial charge in [0.2, 0.25) is 47.9 Å². The molecule has 41 heteroatoms. The van der Waals surface area contributed by atoms with Crippen molar-refractivity contribution in [2.24, 2.45) is 5.73 Å². The molecular weight excluding hydrogens is 1570 g/mol.